The third kappa shape index (κ3) is 2.96. The van der Waals surface area contributed by atoms with E-state index in [-0.39, 0.29) is 23.0 Å². The minimum atomic E-state index is -0.647. The molecule has 0 unspecified atom stereocenters. The molecule has 0 saturated heterocycles. The summed E-state index contributed by atoms with van der Waals surface area (Å²) in [6, 6.07) is 4.00. The van der Waals surface area contributed by atoms with Crippen molar-refractivity contribution in [1.29, 1.82) is 0 Å². The summed E-state index contributed by atoms with van der Waals surface area (Å²) in [6.45, 7) is 0. The average Bonchev–Trinajstić information content (AvgIpc) is 2.48. The highest BCUT2D eigenvalue weighted by molar-refractivity contribution is 5.74. The van der Waals surface area contributed by atoms with Crippen molar-refractivity contribution in [3.8, 4) is 5.75 Å². The van der Waals surface area contributed by atoms with Crippen LogP contribution >= 0.6 is 0 Å². The van der Waals surface area contributed by atoms with Crippen LogP contribution < -0.4 is 15.4 Å². The Balaban J connectivity index is 2.47. The molecule has 1 aromatic carbocycles. The summed E-state index contributed by atoms with van der Waals surface area (Å²) in [7, 11) is 2.93. The second-order valence-corrected chi connectivity index (χ2v) is 3.90. The van der Waals surface area contributed by atoms with Gasteiger partial charge < -0.3 is 15.4 Å². The molecule has 1 heterocycles. The third-order valence-corrected chi connectivity index (χ3v) is 2.67. The van der Waals surface area contributed by atoms with Gasteiger partial charge in [0.05, 0.1) is 17.7 Å². The van der Waals surface area contributed by atoms with Gasteiger partial charge in [0.25, 0.3) is 0 Å². The number of halogens is 1. The first-order valence-corrected chi connectivity index (χ1v) is 5.84. The number of rotatable bonds is 5. The number of aromatic nitrogens is 2. The van der Waals surface area contributed by atoms with E-state index in [4.69, 9.17) is 4.74 Å². The van der Waals surface area contributed by atoms with Gasteiger partial charge in [0.2, 0.25) is 11.6 Å². The summed E-state index contributed by atoms with van der Waals surface area (Å²) in [6.07, 6.45) is 1.14. The van der Waals surface area contributed by atoms with Crippen molar-refractivity contribution >= 4 is 23.0 Å². The lowest BCUT2D eigenvalue weighted by Crippen LogP contribution is -2.06. The van der Waals surface area contributed by atoms with Gasteiger partial charge in [-0.25, -0.2) is 14.4 Å². The van der Waals surface area contributed by atoms with Crippen LogP contribution in [-0.2, 0) is 0 Å². The van der Waals surface area contributed by atoms with Crippen LogP contribution in [-0.4, -0.2) is 29.0 Å². The Morgan fingerprint density at radius 1 is 1.33 bits per heavy atom. The maximum absolute atomic E-state index is 13.8. The number of anilines is 3. The Morgan fingerprint density at radius 2 is 2.05 bits per heavy atom. The van der Waals surface area contributed by atoms with E-state index in [0.717, 1.165) is 6.33 Å². The summed E-state index contributed by atoms with van der Waals surface area (Å²) in [5.41, 5.74) is -0.361. The molecule has 0 saturated carbocycles. The third-order valence-electron chi connectivity index (χ3n) is 2.67. The zero-order valence-electron chi connectivity index (χ0n) is 11.3. The van der Waals surface area contributed by atoms with E-state index in [1.165, 1.54) is 32.4 Å². The van der Waals surface area contributed by atoms with E-state index in [1.807, 2.05) is 0 Å². The van der Waals surface area contributed by atoms with Gasteiger partial charge in [-0.1, -0.05) is 0 Å². The summed E-state index contributed by atoms with van der Waals surface area (Å²) in [4.78, 5) is 18.0. The number of nitro groups is 1. The highest BCUT2D eigenvalue weighted by Crippen LogP contribution is 2.32. The molecule has 2 N–H and O–H groups in total. The van der Waals surface area contributed by atoms with Crippen LogP contribution in [0.5, 0.6) is 5.75 Å². The number of hydrogen-bond donors (Lipinski definition) is 2. The molecule has 0 aliphatic heterocycles. The topological polar surface area (TPSA) is 102 Å². The molecule has 0 spiro atoms. The Bertz CT molecular complexity index is 680. The van der Waals surface area contributed by atoms with Gasteiger partial charge in [-0.2, -0.15) is 0 Å². The lowest BCUT2D eigenvalue weighted by Gasteiger charge is -2.10. The second kappa shape index (κ2) is 5.99. The van der Waals surface area contributed by atoms with Crippen LogP contribution in [0.4, 0.5) is 27.4 Å². The van der Waals surface area contributed by atoms with E-state index in [9.17, 15) is 14.5 Å². The molecule has 2 rings (SSSR count). The Labute approximate surface area is 119 Å². The molecule has 0 fully saturated rings. The largest absolute Gasteiger partial charge is 0.497 e. The van der Waals surface area contributed by atoms with Gasteiger partial charge in [0.1, 0.15) is 17.9 Å². The summed E-state index contributed by atoms with van der Waals surface area (Å²) >= 11 is 0. The molecule has 0 aliphatic rings. The number of methoxy groups -OCH3 is 1. The molecule has 0 amide bonds. The minimum Gasteiger partial charge on any atom is -0.497 e. The van der Waals surface area contributed by atoms with E-state index in [0.29, 0.717) is 5.75 Å². The van der Waals surface area contributed by atoms with Gasteiger partial charge in [-0.15, -0.1) is 0 Å². The molecule has 2 aromatic rings. The molecule has 0 bridgehead atoms. The van der Waals surface area contributed by atoms with Crippen LogP contribution in [0.15, 0.2) is 24.5 Å². The molecule has 110 valence electrons. The average molecular weight is 293 g/mol. The molecule has 0 radical (unpaired) electrons. The lowest BCUT2D eigenvalue weighted by atomic mass is 10.2. The van der Waals surface area contributed by atoms with Crippen molar-refractivity contribution in [1.82, 2.24) is 9.97 Å². The molecule has 1 aromatic heterocycles. The van der Waals surface area contributed by atoms with Crippen LogP contribution in [0.25, 0.3) is 0 Å². The highest BCUT2D eigenvalue weighted by atomic mass is 19.1. The van der Waals surface area contributed by atoms with Gasteiger partial charge in [-0.05, 0) is 12.1 Å². The summed E-state index contributed by atoms with van der Waals surface area (Å²) in [5, 5.41) is 16.3. The molecular formula is C12H12FN5O3. The highest BCUT2D eigenvalue weighted by Gasteiger charge is 2.23. The maximum atomic E-state index is 13.8. The SMILES string of the molecule is CNc1ncnc(Nc2cc(OC)ccc2F)c1[N+](=O)[O-]. The van der Waals surface area contributed by atoms with Crippen molar-refractivity contribution < 1.29 is 14.1 Å². The Hall–Kier alpha value is -2.97. The second-order valence-electron chi connectivity index (χ2n) is 3.90. The smallest absolute Gasteiger partial charge is 0.353 e. The predicted molar refractivity (Wildman–Crippen MR) is 74.5 cm³/mol. The van der Waals surface area contributed by atoms with Gasteiger partial charge >= 0.3 is 5.69 Å². The summed E-state index contributed by atoms with van der Waals surface area (Å²) < 4.78 is 18.7. The van der Waals surface area contributed by atoms with Gasteiger partial charge in [0.15, 0.2) is 0 Å². The van der Waals surface area contributed by atoms with Gasteiger partial charge in [0, 0.05) is 13.1 Å². The number of nitrogens with one attached hydrogen (secondary N) is 2. The van der Waals surface area contributed by atoms with Gasteiger partial charge in [-0.3, -0.25) is 10.1 Å². The predicted octanol–water partition coefficient (Wildman–Crippen LogP) is 2.32. The molecule has 0 atom stereocenters. The Kier molecular flexibility index (Phi) is 4.12. The van der Waals surface area contributed by atoms with E-state index in [2.05, 4.69) is 20.6 Å². The zero-order chi connectivity index (χ0) is 15.4. The summed E-state index contributed by atoms with van der Waals surface area (Å²) in [5.74, 6) is -0.272. The molecule has 9 heteroatoms. The van der Waals surface area contributed by atoms with Crippen LogP contribution in [0.1, 0.15) is 0 Å². The van der Waals surface area contributed by atoms with E-state index >= 15 is 0 Å². The van der Waals surface area contributed by atoms with Crippen molar-refractivity contribution in [2.24, 2.45) is 0 Å². The molecule has 8 nitrogen and oxygen atoms in total. The van der Waals surface area contributed by atoms with Crippen LogP contribution in [0.3, 0.4) is 0 Å². The first-order chi connectivity index (χ1) is 10.1. The standard InChI is InChI=1S/C12H12FN5O3/c1-14-11-10(18(19)20)12(16-6-15-11)17-9-5-7(21-2)3-4-8(9)13/h3-6H,1-2H3,(H2,14,15,16,17). The van der Waals surface area contributed by atoms with Crippen molar-refractivity contribution in [3.63, 3.8) is 0 Å². The quantitative estimate of drug-likeness (QED) is 0.644. The fraction of sp³-hybridized carbons (Fsp3) is 0.167. The van der Waals surface area contributed by atoms with E-state index < -0.39 is 10.7 Å². The maximum Gasteiger partial charge on any atom is 0.353 e. The van der Waals surface area contributed by atoms with Crippen molar-refractivity contribution in [2.75, 3.05) is 24.8 Å². The number of nitrogens with zero attached hydrogens (tertiary/aromatic N) is 3. The van der Waals surface area contributed by atoms with Crippen molar-refractivity contribution in [2.45, 2.75) is 0 Å². The van der Waals surface area contributed by atoms with Crippen molar-refractivity contribution in [3.05, 3.63) is 40.5 Å². The number of ether oxygens (including phenoxy) is 1. The first-order valence-electron chi connectivity index (χ1n) is 5.84. The fourth-order valence-corrected chi connectivity index (χ4v) is 1.68. The minimum absolute atomic E-state index is 0.0122. The number of hydrogen-bond acceptors (Lipinski definition) is 7. The normalized spacial score (nSPS) is 10.0. The monoisotopic (exact) mass is 293 g/mol. The molecule has 21 heavy (non-hydrogen) atoms. The zero-order valence-corrected chi connectivity index (χ0v) is 11.3. The molecule has 0 aliphatic carbocycles. The lowest BCUT2D eigenvalue weighted by molar-refractivity contribution is -0.383. The fourth-order valence-electron chi connectivity index (χ4n) is 1.68. The first kappa shape index (κ1) is 14.4. The molecular weight excluding hydrogens is 281 g/mol. The van der Waals surface area contributed by atoms with Crippen LogP contribution in [0, 0.1) is 15.9 Å². The van der Waals surface area contributed by atoms with Crippen LogP contribution in [0.2, 0.25) is 0 Å². The Morgan fingerprint density at radius 3 is 2.67 bits per heavy atom. The van der Waals surface area contributed by atoms with E-state index in [1.54, 1.807) is 0 Å². The number of benzene rings is 1.